The van der Waals surface area contributed by atoms with E-state index < -0.39 is 0 Å². The smallest absolute Gasteiger partial charge is 0.253 e. The topological polar surface area (TPSA) is 56.2 Å². The van der Waals surface area contributed by atoms with E-state index >= 15 is 0 Å². The monoisotopic (exact) mass is 385 g/mol. The number of rotatable bonds is 4. The van der Waals surface area contributed by atoms with Crippen LogP contribution in [0.2, 0.25) is 0 Å². The summed E-state index contributed by atoms with van der Waals surface area (Å²) < 4.78 is 7.72. The molecule has 2 heterocycles. The summed E-state index contributed by atoms with van der Waals surface area (Å²) in [6.07, 6.45) is 0. The fourth-order valence-electron chi connectivity index (χ4n) is 3.04. The Morgan fingerprint density at radius 3 is 2.83 bits per heavy atom. The number of benzene rings is 2. The van der Waals surface area contributed by atoms with E-state index in [0.717, 1.165) is 33.5 Å². The summed E-state index contributed by atoms with van der Waals surface area (Å²) in [5.41, 5.74) is 3.44. The van der Waals surface area contributed by atoms with Gasteiger partial charge in [0.1, 0.15) is 11.6 Å². The van der Waals surface area contributed by atoms with E-state index in [1.165, 1.54) is 0 Å². The SMILES string of the molecule is O=C1NCCn2c(-c3ccc(OCCBr)cc3)nc3cccc1c32. The van der Waals surface area contributed by atoms with Crippen LogP contribution in [0.5, 0.6) is 5.75 Å². The van der Waals surface area contributed by atoms with Gasteiger partial charge in [0.15, 0.2) is 0 Å². The lowest BCUT2D eigenvalue weighted by Crippen LogP contribution is -2.24. The Kier molecular flexibility index (Phi) is 3.98. The molecule has 0 aliphatic carbocycles. The fourth-order valence-corrected chi connectivity index (χ4v) is 3.20. The molecule has 1 aromatic heterocycles. The summed E-state index contributed by atoms with van der Waals surface area (Å²) in [6.45, 7) is 1.93. The average molecular weight is 386 g/mol. The lowest BCUT2D eigenvalue weighted by Gasteiger charge is -2.08. The average Bonchev–Trinajstić information content (AvgIpc) is 2.90. The normalized spacial score (nSPS) is 13.6. The number of halogens is 1. The van der Waals surface area contributed by atoms with Gasteiger partial charge in [-0.25, -0.2) is 4.98 Å². The lowest BCUT2D eigenvalue weighted by molar-refractivity contribution is 0.0956. The van der Waals surface area contributed by atoms with Gasteiger partial charge < -0.3 is 14.6 Å². The summed E-state index contributed by atoms with van der Waals surface area (Å²) in [5.74, 6) is 1.67. The standard InChI is InChI=1S/C18H16BrN3O2/c19-8-11-24-13-6-4-12(5-7-13)17-21-15-3-1-2-14-16(15)22(17)10-9-20-18(14)23/h1-7H,8-11H2,(H,20,23). The van der Waals surface area contributed by atoms with Crippen LogP contribution in [0.15, 0.2) is 42.5 Å². The zero-order valence-corrected chi connectivity index (χ0v) is 14.5. The Morgan fingerprint density at radius 1 is 1.21 bits per heavy atom. The van der Waals surface area contributed by atoms with Crippen LogP contribution in [0.4, 0.5) is 0 Å². The Morgan fingerprint density at radius 2 is 2.04 bits per heavy atom. The molecule has 6 heteroatoms. The molecular formula is C18H16BrN3O2. The summed E-state index contributed by atoms with van der Waals surface area (Å²) in [5, 5.41) is 3.74. The third-order valence-corrected chi connectivity index (χ3v) is 4.41. The highest BCUT2D eigenvalue weighted by atomic mass is 79.9. The molecule has 0 unspecified atom stereocenters. The number of nitrogens with one attached hydrogen (secondary N) is 1. The molecule has 0 bridgehead atoms. The van der Waals surface area contributed by atoms with Crippen LogP contribution < -0.4 is 10.1 Å². The van der Waals surface area contributed by atoms with E-state index in [4.69, 9.17) is 9.72 Å². The number of amides is 1. The van der Waals surface area contributed by atoms with E-state index in [0.29, 0.717) is 25.3 Å². The Balaban J connectivity index is 1.81. The van der Waals surface area contributed by atoms with Crippen LogP contribution in [-0.2, 0) is 6.54 Å². The molecule has 2 aromatic carbocycles. The van der Waals surface area contributed by atoms with Crippen molar-refractivity contribution in [2.24, 2.45) is 0 Å². The molecule has 0 spiro atoms. The molecule has 1 N–H and O–H groups in total. The highest BCUT2D eigenvalue weighted by molar-refractivity contribution is 9.09. The quantitative estimate of drug-likeness (QED) is 0.701. The van der Waals surface area contributed by atoms with Gasteiger partial charge in [0, 0.05) is 24.0 Å². The molecule has 1 aliphatic heterocycles. The third-order valence-electron chi connectivity index (χ3n) is 4.09. The number of carbonyl (C=O) groups is 1. The van der Waals surface area contributed by atoms with Crippen molar-refractivity contribution in [1.82, 2.24) is 14.9 Å². The number of nitrogens with zero attached hydrogens (tertiary/aromatic N) is 2. The highest BCUT2D eigenvalue weighted by Gasteiger charge is 2.21. The molecule has 24 heavy (non-hydrogen) atoms. The number of aromatic nitrogens is 2. The zero-order chi connectivity index (χ0) is 16.5. The molecule has 4 rings (SSSR count). The molecule has 0 atom stereocenters. The minimum absolute atomic E-state index is 0.0377. The van der Waals surface area contributed by atoms with E-state index in [-0.39, 0.29) is 5.91 Å². The molecule has 1 aliphatic rings. The van der Waals surface area contributed by atoms with Crippen molar-refractivity contribution in [2.45, 2.75) is 6.54 Å². The Bertz CT molecular complexity index is 903. The van der Waals surface area contributed by atoms with Crippen molar-refractivity contribution in [1.29, 1.82) is 0 Å². The number of alkyl halides is 1. The van der Waals surface area contributed by atoms with Crippen LogP contribution in [-0.4, -0.2) is 33.9 Å². The number of ether oxygens (including phenoxy) is 1. The van der Waals surface area contributed by atoms with Gasteiger partial charge in [0.05, 0.1) is 23.2 Å². The lowest BCUT2D eigenvalue weighted by atomic mass is 10.1. The van der Waals surface area contributed by atoms with Gasteiger partial charge in [-0.3, -0.25) is 4.79 Å². The predicted octanol–water partition coefficient (Wildman–Crippen LogP) is 3.22. The molecule has 0 saturated carbocycles. The molecule has 0 saturated heterocycles. The van der Waals surface area contributed by atoms with Gasteiger partial charge in [-0.15, -0.1) is 0 Å². The second kappa shape index (κ2) is 6.28. The minimum Gasteiger partial charge on any atom is -0.493 e. The van der Waals surface area contributed by atoms with Crippen LogP contribution in [0.3, 0.4) is 0 Å². The van der Waals surface area contributed by atoms with E-state index in [1.54, 1.807) is 0 Å². The number of hydrogen-bond donors (Lipinski definition) is 1. The van der Waals surface area contributed by atoms with Crippen LogP contribution in [0.1, 0.15) is 10.4 Å². The molecule has 1 amide bonds. The first kappa shape index (κ1) is 15.2. The van der Waals surface area contributed by atoms with Crippen molar-refractivity contribution in [3.8, 4) is 17.1 Å². The maximum absolute atomic E-state index is 12.2. The number of hydrogen-bond acceptors (Lipinski definition) is 3. The summed E-state index contributed by atoms with van der Waals surface area (Å²) in [7, 11) is 0. The first-order chi connectivity index (χ1) is 11.8. The molecule has 5 nitrogen and oxygen atoms in total. The van der Waals surface area contributed by atoms with Crippen LogP contribution in [0, 0.1) is 0 Å². The van der Waals surface area contributed by atoms with Gasteiger partial charge in [-0.1, -0.05) is 22.0 Å². The summed E-state index contributed by atoms with van der Waals surface area (Å²) >= 11 is 3.35. The number of imidazole rings is 1. The Labute approximate surface area is 147 Å². The van der Waals surface area contributed by atoms with E-state index in [1.807, 2.05) is 42.5 Å². The third kappa shape index (κ3) is 2.57. The maximum Gasteiger partial charge on any atom is 0.253 e. The minimum atomic E-state index is -0.0377. The van der Waals surface area contributed by atoms with Gasteiger partial charge in [-0.05, 0) is 36.4 Å². The van der Waals surface area contributed by atoms with E-state index in [9.17, 15) is 4.79 Å². The second-order valence-electron chi connectivity index (χ2n) is 5.58. The van der Waals surface area contributed by atoms with Crippen LogP contribution >= 0.6 is 15.9 Å². The van der Waals surface area contributed by atoms with Gasteiger partial charge >= 0.3 is 0 Å². The largest absolute Gasteiger partial charge is 0.493 e. The van der Waals surface area contributed by atoms with Crippen molar-refractivity contribution in [3.05, 3.63) is 48.0 Å². The predicted molar refractivity (Wildman–Crippen MR) is 96.8 cm³/mol. The summed E-state index contributed by atoms with van der Waals surface area (Å²) in [6, 6.07) is 13.6. The zero-order valence-electron chi connectivity index (χ0n) is 13.0. The van der Waals surface area contributed by atoms with Gasteiger partial charge in [0.25, 0.3) is 5.91 Å². The number of carbonyl (C=O) groups excluding carboxylic acids is 1. The van der Waals surface area contributed by atoms with Crippen molar-refractivity contribution >= 4 is 32.9 Å². The molecule has 0 fully saturated rings. The van der Waals surface area contributed by atoms with Gasteiger partial charge in [0.2, 0.25) is 0 Å². The molecular weight excluding hydrogens is 370 g/mol. The first-order valence-corrected chi connectivity index (χ1v) is 8.97. The molecule has 122 valence electrons. The van der Waals surface area contributed by atoms with Crippen LogP contribution in [0.25, 0.3) is 22.4 Å². The van der Waals surface area contributed by atoms with E-state index in [2.05, 4.69) is 25.8 Å². The number of para-hydroxylation sites is 1. The molecule has 3 aromatic rings. The van der Waals surface area contributed by atoms with Crippen molar-refractivity contribution in [3.63, 3.8) is 0 Å². The fraction of sp³-hybridized carbons (Fsp3) is 0.222. The molecule has 0 radical (unpaired) electrons. The highest BCUT2D eigenvalue weighted by Crippen LogP contribution is 2.29. The Hall–Kier alpha value is -2.34. The summed E-state index contributed by atoms with van der Waals surface area (Å²) in [4.78, 5) is 17.0. The van der Waals surface area contributed by atoms with Crippen molar-refractivity contribution in [2.75, 3.05) is 18.5 Å². The second-order valence-corrected chi connectivity index (χ2v) is 6.37. The maximum atomic E-state index is 12.2. The van der Waals surface area contributed by atoms with Gasteiger partial charge in [-0.2, -0.15) is 0 Å². The first-order valence-electron chi connectivity index (χ1n) is 7.84. The van der Waals surface area contributed by atoms with Crippen molar-refractivity contribution < 1.29 is 9.53 Å².